The highest BCUT2D eigenvalue weighted by molar-refractivity contribution is 5.80. The molecule has 1 fully saturated rings. The topological polar surface area (TPSA) is 50.8 Å². The van der Waals surface area contributed by atoms with Gasteiger partial charge in [0.15, 0.2) is 0 Å². The van der Waals surface area contributed by atoms with Crippen molar-refractivity contribution in [2.45, 2.75) is 33.7 Å². The van der Waals surface area contributed by atoms with Crippen molar-refractivity contribution in [3.8, 4) is 0 Å². The van der Waals surface area contributed by atoms with Crippen LogP contribution in [-0.4, -0.2) is 44.9 Å². The first kappa shape index (κ1) is 16.6. The fourth-order valence-corrected chi connectivity index (χ4v) is 2.72. The number of aryl methyl sites for hydroxylation is 2. The van der Waals surface area contributed by atoms with Crippen LogP contribution in [0.1, 0.15) is 25.0 Å². The van der Waals surface area contributed by atoms with Gasteiger partial charge in [-0.3, -0.25) is 0 Å². The number of hydrogen-bond donors (Lipinski definition) is 1. The first-order chi connectivity index (χ1) is 10.5. The minimum Gasteiger partial charge on any atom is -0.464 e. The molecule has 5 heteroatoms. The van der Waals surface area contributed by atoms with E-state index in [0.29, 0.717) is 6.61 Å². The highest BCUT2D eigenvalue weighted by Gasteiger charge is 2.18. The maximum atomic E-state index is 11.8. The Labute approximate surface area is 132 Å². The van der Waals surface area contributed by atoms with Crippen molar-refractivity contribution in [3.05, 3.63) is 23.3 Å². The molecule has 122 valence electrons. The molecule has 0 aliphatic carbocycles. The van der Waals surface area contributed by atoms with Gasteiger partial charge in [-0.25, -0.2) is 4.79 Å². The van der Waals surface area contributed by atoms with Crippen LogP contribution in [0.15, 0.2) is 12.1 Å². The van der Waals surface area contributed by atoms with Gasteiger partial charge in [-0.2, -0.15) is 0 Å². The Hall–Kier alpha value is -1.75. The van der Waals surface area contributed by atoms with Crippen molar-refractivity contribution < 1.29 is 14.3 Å². The fraction of sp³-hybridized carbons (Fsp3) is 0.588. The van der Waals surface area contributed by atoms with Gasteiger partial charge in [0.05, 0.1) is 19.8 Å². The van der Waals surface area contributed by atoms with Crippen molar-refractivity contribution in [1.82, 2.24) is 0 Å². The molecule has 0 amide bonds. The number of esters is 1. The summed E-state index contributed by atoms with van der Waals surface area (Å²) in [4.78, 5) is 14.1. The Morgan fingerprint density at radius 1 is 1.32 bits per heavy atom. The Bertz CT molecular complexity index is 502. The smallest absolute Gasteiger partial charge is 0.328 e. The number of rotatable bonds is 5. The lowest BCUT2D eigenvalue weighted by molar-refractivity contribution is -0.143. The van der Waals surface area contributed by atoms with E-state index in [1.165, 1.54) is 5.69 Å². The molecule has 0 spiro atoms. The summed E-state index contributed by atoms with van der Waals surface area (Å²) >= 11 is 0. The third kappa shape index (κ3) is 3.91. The Balaban J connectivity index is 2.14. The van der Waals surface area contributed by atoms with Crippen LogP contribution in [-0.2, 0) is 14.3 Å². The maximum Gasteiger partial charge on any atom is 0.328 e. The zero-order valence-electron chi connectivity index (χ0n) is 13.9. The van der Waals surface area contributed by atoms with Gasteiger partial charge < -0.3 is 19.7 Å². The minimum absolute atomic E-state index is 0.224. The summed E-state index contributed by atoms with van der Waals surface area (Å²) in [7, 11) is 0. The Morgan fingerprint density at radius 2 is 1.91 bits per heavy atom. The highest BCUT2D eigenvalue weighted by Crippen LogP contribution is 2.28. The second-order valence-corrected chi connectivity index (χ2v) is 5.67. The number of carbonyl (C=O) groups is 1. The quantitative estimate of drug-likeness (QED) is 0.847. The van der Waals surface area contributed by atoms with Crippen molar-refractivity contribution in [1.29, 1.82) is 0 Å². The molecule has 0 aromatic heterocycles. The summed E-state index contributed by atoms with van der Waals surface area (Å²) < 4.78 is 10.5. The largest absolute Gasteiger partial charge is 0.464 e. The number of carbonyl (C=O) groups excluding carboxylic acids is 1. The van der Waals surface area contributed by atoms with E-state index in [2.05, 4.69) is 36.2 Å². The molecule has 22 heavy (non-hydrogen) atoms. The summed E-state index contributed by atoms with van der Waals surface area (Å²) in [5.41, 5.74) is 4.50. The standard InChI is InChI=1S/C17H26N2O3/c1-5-22-17(20)14(4)18-16-12(2)10-15(11-13(16)3)19-6-8-21-9-7-19/h10-11,14,18H,5-9H2,1-4H3. The molecule has 0 saturated carbocycles. The molecule has 1 saturated heterocycles. The molecule has 0 bridgehead atoms. The summed E-state index contributed by atoms with van der Waals surface area (Å²) in [6.07, 6.45) is 0. The molecule has 1 N–H and O–H groups in total. The predicted octanol–water partition coefficient (Wildman–Crippen LogP) is 2.50. The van der Waals surface area contributed by atoms with Crippen molar-refractivity contribution in [2.75, 3.05) is 43.1 Å². The molecule has 1 aliphatic rings. The molecule has 1 heterocycles. The van der Waals surface area contributed by atoms with Crippen LogP contribution >= 0.6 is 0 Å². The van der Waals surface area contributed by atoms with Gasteiger partial charge in [0.2, 0.25) is 0 Å². The molecule has 1 aliphatic heterocycles. The van der Waals surface area contributed by atoms with E-state index in [4.69, 9.17) is 9.47 Å². The van der Waals surface area contributed by atoms with Gasteiger partial charge in [-0.15, -0.1) is 0 Å². The van der Waals surface area contributed by atoms with Crippen molar-refractivity contribution >= 4 is 17.3 Å². The van der Waals surface area contributed by atoms with Gasteiger partial charge in [-0.05, 0) is 51.0 Å². The first-order valence-corrected chi connectivity index (χ1v) is 7.90. The van der Waals surface area contributed by atoms with Gasteiger partial charge in [-0.1, -0.05) is 0 Å². The van der Waals surface area contributed by atoms with Crippen molar-refractivity contribution in [3.63, 3.8) is 0 Å². The lowest BCUT2D eigenvalue weighted by Gasteiger charge is -2.30. The lowest BCUT2D eigenvalue weighted by atomic mass is 10.1. The SMILES string of the molecule is CCOC(=O)C(C)Nc1c(C)cc(N2CCOCC2)cc1C. The van der Waals surface area contributed by atoms with Gasteiger partial charge >= 0.3 is 5.97 Å². The molecular formula is C17H26N2O3. The van der Waals surface area contributed by atoms with Crippen LogP contribution in [0.25, 0.3) is 0 Å². The third-order valence-corrected chi connectivity index (χ3v) is 3.89. The number of benzene rings is 1. The van der Waals surface area contributed by atoms with Crippen LogP contribution in [0.3, 0.4) is 0 Å². The monoisotopic (exact) mass is 306 g/mol. The molecule has 1 unspecified atom stereocenters. The Morgan fingerprint density at radius 3 is 2.45 bits per heavy atom. The van der Waals surface area contributed by atoms with E-state index < -0.39 is 0 Å². The van der Waals surface area contributed by atoms with Crippen LogP contribution < -0.4 is 10.2 Å². The molecule has 0 radical (unpaired) electrons. The molecule has 1 aromatic carbocycles. The lowest BCUT2D eigenvalue weighted by Crippen LogP contribution is -2.36. The molecule has 1 aromatic rings. The summed E-state index contributed by atoms with van der Waals surface area (Å²) in [6, 6.07) is 3.98. The fourth-order valence-electron chi connectivity index (χ4n) is 2.72. The number of anilines is 2. The molecule has 1 atom stereocenters. The number of morpholine rings is 1. The molecule has 2 rings (SSSR count). The summed E-state index contributed by atoms with van der Waals surface area (Å²) in [5.74, 6) is -0.224. The first-order valence-electron chi connectivity index (χ1n) is 7.90. The van der Waals surface area contributed by atoms with E-state index in [-0.39, 0.29) is 12.0 Å². The van der Waals surface area contributed by atoms with E-state index in [0.717, 1.165) is 43.1 Å². The second kappa shape index (κ2) is 7.49. The zero-order chi connectivity index (χ0) is 16.1. The second-order valence-electron chi connectivity index (χ2n) is 5.67. The highest BCUT2D eigenvalue weighted by atomic mass is 16.5. The number of nitrogens with one attached hydrogen (secondary N) is 1. The minimum atomic E-state index is -0.355. The summed E-state index contributed by atoms with van der Waals surface area (Å²) in [5, 5.41) is 3.28. The van der Waals surface area contributed by atoms with E-state index in [1.807, 2.05) is 13.8 Å². The average molecular weight is 306 g/mol. The number of nitrogens with zero attached hydrogens (tertiary/aromatic N) is 1. The van der Waals surface area contributed by atoms with Crippen LogP contribution in [0.2, 0.25) is 0 Å². The molecule has 5 nitrogen and oxygen atoms in total. The maximum absolute atomic E-state index is 11.8. The van der Waals surface area contributed by atoms with E-state index in [1.54, 1.807) is 0 Å². The number of ether oxygens (including phenoxy) is 2. The van der Waals surface area contributed by atoms with Crippen LogP contribution in [0.5, 0.6) is 0 Å². The molecular weight excluding hydrogens is 280 g/mol. The zero-order valence-corrected chi connectivity index (χ0v) is 13.9. The van der Waals surface area contributed by atoms with Crippen LogP contribution in [0, 0.1) is 13.8 Å². The van der Waals surface area contributed by atoms with Gasteiger partial charge in [0, 0.05) is 24.5 Å². The van der Waals surface area contributed by atoms with Crippen LogP contribution in [0.4, 0.5) is 11.4 Å². The summed E-state index contributed by atoms with van der Waals surface area (Å²) in [6.45, 7) is 11.6. The van der Waals surface area contributed by atoms with E-state index in [9.17, 15) is 4.79 Å². The van der Waals surface area contributed by atoms with Gasteiger partial charge in [0.1, 0.15) is 6.04 Å². The van der Waals surface area contributed by atoms with E-state index >= 15 is 0 Å². The normalized spacial score (nSPS) is 16.3. The Kier molecular flexibility index (Phi) is 5.66. The van der Waals surface area contributed by atoms with Crippen molar-refractivity contribution in [2.24, 2.45) is 0 Å². The van der Waals surface area contributed by atoms with Gasteiger partial charge in [0.25, 0.3) is 0 Å². The average Bonchev–Trinajstić information content (AvgIpc) is 2.51. The number of hydrogen-bond acceptors (Lipinski definition) is 5. The predicted molar refractivity (Wildman–Crippen MR) is 88.7 cm³/mol. The third-order valence-electron chi connectivity index (χ3n) is 3.89.